The molecule has 0 amide bonds. The van der Waals surface area contributed by atoms with Crippen molar-refractivity contribution in [3.63, 3.8) is 0 Å². The van der Waals surface area contributed by atoms with Crippen LogP contribution >= 0.6 is 0 Å². The largest absolute Gasteiger partial charge is 0.511 e. The lowest BCUT2D eigenvalue weighted by molar-refractivity contribution is -0.0496. The fourth-order valence-electron chi connectivity index (χ4n) is 2.93. The summed E-state index contributed by atoms with van der Waals surface area (Å²) in [4.78, 5) is 8.61. The minimum atomic E-state index is -5.25. The Kier molecular flexibility index (Phi) is 8.25. The normalized spacial score (nSPS) is 17.5. The summed E-state index contributed by atoms with van der Waals surface area (Å²) >= 11 is 0. The Balaban J connectivity index is 1.77. The van der Waals surface area contributed by atoms with Crippen LogP contribution in [-0.4, -0.2) is 67.1 Å². The highest BCUT2D eigenvalue weighted by atomic mass is 32.2. The highest BCUT2D eigenvalue weighted by Crippen LogP contribution is 2.30. The van der Waals surface area contributed by atoms with Crippen molar-refractivity contribution in [2.75, 3.05) is 32.7 Å². The molecular formula is C16H27F3N6O3S. The van der Waals surface area contributed by atoms with Gasteiger partial charge in [0.1, 0.15) is 0 Å². The molecule has 1 fully saturated rings. The van der Waals surface area contributed by atoms with Crippen molar-refractivity contribution in [2.45, 2.75) is 45.0 Å². The molecule has 166 valence electrons. The Bertz CT molecular complexity index is 773. The van der Waals surface area contributed by atoms with E-state index in [4.69, 9.17) is 4.52 Å². The number of halogens is 3. The van der Waals surface area contributed by atoms with E-state index in [1.54, 1.807) is 6.92 Å². The van der Waals surface area contributed by atoms with E-state index in [0.29, 0.717) is 60.9 Å². The summed E-state index contributed by atoms with van der Waals surface area (Å²) in [6, 6.07) is 0. The maximum absolute atomic E-state index is 12.6. The number of aryl methyl sites for hydroxylation is 2. The standard InChI is InChI=1S/C16H27F3N6O3S/c1-3-20-15(21-8-4-5-14-23-12(2)24-28-14)22-11-13-6-9-25(10-7-13)29(26,27)16(17,18)19/h13H,3-11H2,1-2H3,(H2,20,21,22). The summed E-state index contributed by atoms with van der Waals surface area (Å²) in [5, 5.41) is 10.0. The number of hydrogen-bond donors (Lipinski definition) is 2. The van der Waals surface area contributed by atoms with Crippen molar-refractivity contribution in [1.29, 1.82) is 0 Å². The second kappa shape index (κ2) is 10.2. The van der Waals surface area contributed by atoms with Gasteiger partial charge in [0, 0.05) is 39.1 Å². The maximum atomic E-state index is 12.6. The molecule has 1 saturated heterocycles. The van der Waals surface area contributed by atoms with Gasteiger partial charge in [-0.3, -0.25) is 4.99 Å². The topological polar surface area (TPSA) is 113 Å². The summed E-state index contributed by atoms with van der Waals surface area (Å²) in [5.41, 5.74) is -5.25. The molecular weight excluding hydrogens is 413 g/mol. The summed E-state index contributed by atoms with van der Waals surface area (Å²) in [6.45, 7) is 5.11. The maximum Gasteiger partial charge on any atom is 0.511 e. The molecule has 0 spiro atoms. The van der Waals surface area contributed by atoms with Crippen LogP contribution < -0.4 is 10.6 Å². The molecule has 13 heteroatoms. The molecule has 0 radical (unpaired) electrons. The Hall–Kier alpha value is -1.89. The van der Waals surface area contributed by atoms with Crippen molar-refractivity contribution in [2.24, 2.45) is 10.9 Å². The molecule has 29 heavy (non-hydrogen) atoms. The molecule has 0 unspecified atom stereocenters. The molecule has 0 bridgehead atoms. The quantitative estimate of drug-likeness (QED) is 0.357. The van der Waals surface area contributed by atoms with Crippen molar-refractivity contribution in [3.05, 3.63) is 11.7 Å². The van der Waals surface area contributed by atoms with Gasteiger partial charge in [0.15, 0.2) is 11.8 Å². The lowest BCUT2D eigenvalue weighted by Gasteiger charge is -2.30. The fourth-order valence-corrected chi connectivity index (χ4v) is 3.91. The number of hydrogen-bond acceptors (Lipinski definition) is 6. The first kappa shape index (κ1) is 23.4. The Morgan fingerprint density at radius 2 is 2.00 bits per heavy atom. The Morgan fingerprint density at radius 3 is 2.55 bits per heavy atom. The van der Waals surface area contributed by atoms with Gasteiger partial charge in [-0.1, -0.05) is 5.16 Å². The summed E-state index contributed by atoms with van der Waals surface area (Å²) < 4.78 is 66.4. The smallest absolute Gasteiger partial charge is 0.357 e. The number of aliphatic imine (C=N–C) groups is 1. The van der Waals surface area contributed by atoms with Crippen LogP contribution in [0.1, 0.15) is 37.9 Å². The second-order valence-corrected chi connectivity index (χ2v) is 8.71. The van der Waals surface area contributed by atoms with E-state index in [0.717, 1.165) is 6.42 Å². The van der Waals surface area contributed by atoms with E-state index in [9.17, 15) is 21.6 Å². The zero-order valence-electron chi connectivity index (χ0n) is 16.5. The van der Waals surface area contributed by atoms with Gasteiger partial charge < -0.3 is 15.2 Å². The molecule has 1 aromatic heterocycles. The minimum Gasteiger partial charge on any atom is -0.357 e. The zero-order valence-corrected chi connectivity index (χ0v) is 17.3. The first-order valence-electron chi connectivity index (χ1n) is 9.51. The Morgan fingerprint density at radius 1 is 1.31 bits per heavy atom. The molecule has 2 rings (SSSR count). The van der Waals surface area contributed by atoms with Gasteiger partial charge in [0.25, 0.3) is 0 Å². The molecule has 0 aliphatic carbocycles. The van der Waals surface area contributed by atoms with Gasteiger partial charge in [-0.25, -0.2) is 8.42 Å². The van der Waals surface area contributed by atoms with Crippen LogP contribution in [0.3, 0.4) is 0 Å². The number of sulfonamides is 1. The number of guanidine groups is 1. The predicted octanol–water partition coefficient (Wildman–Crippen LogP) is 1.43. The number of alkyl halides is 3. The summed E-state index contributed by atoms with van der Waals surface area (Å²) in [5.74, 6) is 1.81. The van der Waals surface area contributed by atoms with Gasteiger partial charge >= 0.3 is 15.5 Å². The molecule has 0 atom stereocenters. The third kappa shape index (κ3) is 6.84. The predicted molar refractivity (Wildman–Crippen MR) is 101 cm³/mol. The molecule has 2 heterocycles. The number of aromatic nitrogens is 2. The van der Waals surface area contributed by atoms with Crippen molar-refractivity contribution in [1.82, 2.24) is 25.1 Å². The average Bonchev–Trinajstić information content (AvgIpc) is 3.07. The van der Waals surface area contributed by atoms with Crippen LogP contribution in [0.5, 0.6) is 0 Å². The van der Waals surface area contributed by atoms with Crippen LogP contribution in [0.2, 0.25) is 0 Å². The molecule has 9 nitrogen and oxygen atoms in total. The molecule has 0 saturated carbocycles. The van der Waals surface area contributed by atoms with Gasteiger partial charge in [0.05, 0.1) is 0 Å². The van der Waals surface area contributed by atoms with Gasteiger partial charge in [-0.15, -0.1) is 0 Å². The third-order valence-corrected chi connectivity index (χ3v) is 6.12. The van der Waals surface area contributed by atoms with E-state index >= 15 is 0 Å². The Labute approximate surface area is 168 Å². The second-order valence-electron chi connectivity index (χ2n) is 6.78. The van der Waals surface area contributed by atoms with Gasteiger partial charge in [0.2, 0.25) is 5.89 Å². The van der Waals surface area contributed by atoms with Crippen molar-refractivity contribution < 1.29 is 26.1 Å². The first-order valence-corrected chi connectivity index (χ1v) is 10.9. The third-order valence-electron chi connectivity index (χ3n) is 4.49. The van der Waals surface area contributed by atoms with E-state index < -0.39 is 15.5 Å². The number of nitrogens with one attached hydrogen (secondary N) is 2. The highest BCUT2D eigenvalue weighted by Gasteiger charge is 2.50. The first-order chi connectivity index (χ1) is 13.6. The van der Waals surface area contributed by atoms with E-state index in [1.807, 2.05) is 6.92 Å². The van der Waals surface area contributed by atoms with E-state index in [2.05, 4.69) is 25.8 Å². The minimum absolute atomic E-state index is 0.0338. The number of nitrogens with zero attached hydrogens (tertiary/aromatic N) is 4. The van der Waals surface area contributed by atoms with E-state index in [1.165, 1.54) is 0 Å². The molecule has 0 aromatic carbocycles. The van der Waals surface area contributed by atoms with E-state index in [-0.39, 0.29) is 19.0 Å². The van der Waals surface area contributed by atoms with Crippen molar-refractivity contribution in [3.8, 4) is 0 Å². The van der Waals surface area contributed by atoms with Crippen LogP contribution in [0.25, 0.3) is 0 Å². The molecule has 1 aliphatic rings. The molecule has 1 aliphatic heterocycles. The van der Waals surface area contributed by atoms with Crippen LogP contribution in [0, 0.1) is 12.8 Å². The monoisotopic (exact) mass is 440 g/mol. The van der Waals surface area contributed by atoms with Crippen LogP contribution in [-0.2, 0) is 16.4 Å². The molecule has 1 aromatic rings. The summed E-state index contributed by atoms with van der Waals surface area (Å²) in [7, 11) is -5.24. The summed E-state index contributed by atoms with van der Waals surface area (Å²) in [6.07, 6.45) is 2.09. The van der Waals surface area contributed by atoms with Crippen LogP contribution in [0.15, 0.2) is 9.52 Å². The number of rotatable bonds is 8. The lowest BCUT2D eigenvalue weighted by Crippen LogP contribution is -2.45. The molecule has 2 N–H and O–H groups in total. The average molecular weight is 440 g/mol. The van der Waals surface area contributed by atoms with Gasteiger partial charge in [-0.2, -0.15) is 22.5 Å². The van der Waals surface area contributed by atoms with Crippen LogP contribution in [0.4, 0.5) is 13.2 Å². The lowest BCUT2D eigenvalue weighted by atomic mass is 9.98. The SMILES string of the molecule is CCNC(=NCC1CCN(S(=O)(=O)C(F)(F)F)CC1)NCCCc1nc(C)no1. The van der Waals surface area contributed by atoms with Gasteiger partial charge in [-0.05, 0) is 39.0 Å². The number of piperidine rings is 1. The zero-order chi connectivity index (χ0) is 21.5. The van der Waals surface area contributed by atoms with Crippen molar-refractivity contribution >= 4 is 16.0 Å². The highest BCUT2D eigenvalue weighted by molar-refractivity contribution is 7.90. The fraction of sp³-hybridized carbons (Fsp3) is 0.812.